The van der Waals surface area contributed by atoms with Crippen LogP contribution >= 0.6 is 11.3 Å². The van der Waals surface area contributed by atoms with Crippen molar-refractivity contribution in [3.63, 3.8) is 0 Å². The zero-order valence-corrected chi connectivity index (χ0v) is 19.1. The zero-order chi connectivity index (χ0) is 22.8. The van der Waals surface area contributed by atoms with E-state index in [0.717, 1.165) is 32.3 Å². The van der Waals surface area contributed by atoms with Crippen LogP contribution in [0.25, 0.3) is 0 Å². The normalized spacial score (nSPS) is 16.8. The lowest BCUT2D eigenvalue weighted by Crippen LogP contribution is -2.39. The van der Waals surface area contributed by atoms with E-state index in [1.165, 1.54) is 0 Å². The van der Waals surface area contributed by atoms with Gasteiger partial charge in [0.25, 0.3) is 5.91 Å². The fraction of sp³-hybridized carbons (Fsp3) is 0.280. The average Bonchev–Trinajstić information content (AvgIpc) is 3.22. The van der Waals surface area contributed by atoms with Gasteiger partial charge < -0.3 is 25.0 Å². The van der Waals surface area contributed by atoms with E-state index in [1.807, 2.05) is 54.6 Å². The van der Waals surface area contributed by atoms with Gasteiger partial charge in [-0.3, -0.25) is 4.79 Å². The first-order valence-corrected chi connectivity index (χ1v) is 11.8. The first kappa shape index (κ1) is 21.3. The number of benzene rings is 2. The summed E-state index contributed by atoms with van der Waals surface area (Å²) in [5, 5.41) is 7.38. The standard InChI is InChI=1S/C25H25N3O4S/c1-2-31-25(30)28-13-12-19-20(14-28)33-24-21(19)23(29)26-22(27-24)17-8-10-18(11-9-17)32-15-16-6-4-3-5-7-16/h3-11,22,27H,2,12-15H2,1H3,(H,26,29)/t22-/m0/s1. The lowest BCUT2D eigenvalue weighted by molar-refractivity contribution is 0.0934. The first-order chi connectivity index (χ1) is 16.1. The van der Waals surface area contributed by atoms with E-state index in [1.54, 1.807) is 23.2 Å². The maximum Gasteiger partial charge on any atom is 0.410 e. The summed E-state index contributed by atoms with van der Waals surface area (Å²) in [6.07, 6.45) is 0.0153. The van der Waals surface area contributed by atoms with Crippen LogP contribution in [-0.4, -0.2) is 30.1 Å². The third kappa shape index (κ3) is 4.39. The van der Waals surface area contributed by atoms with E-state index in [9.17, 15) is 9.59 Å². The molecule has 0 bridgehead atoms. The summed E-state index contributed by atoms with van der Waals surface area (Å²) in [4.78, 5) is 27.8. The van der Waals surface area contributed by atoms with E-state index < -0.39 is 0 Å². The number of anilines is 1. The van der Waals surface area contributed by atoms with Crippen molar-refractivity contribution in [1.82, 2.24) is 10.2 Å². The van der Waals surface area contributed by atoms with Crippen molar-refractivity contribution in [3.05, 3.63) is 81.7 Å². The molecule has 2 amide bonds. The van der Waals surface area contributed by atoms with Crippen LogP contribution in [0.1, 0.15) is 45.0 Å². The third-order valence-corrected chi connectivity index (χ3v) is 6.97. The minimum absolute atomic E-state index is 0.0831. The number of nitrogens with one attached hydrogen (secondary N) is 2. The van der Waals surface area contributed by atoms with Crippen molar-refractivity contribution >= 4 is 28.3 Å². The summed E-state index contributed by atoms with van der Waals surface area (Å²) < 4.78 is 11.0. The van der Waals surface area contributed by atoms with Crippen molar-refractivity contribution in [1.29, 1.82) is 0 Å². The topological polar surface area (TPSA) is 79.9 Å². The summed E-state index contributed by atoms with van der Waals surface area (Å²) in [5.74, 6) is 0.691. The zero-order valence-electron chi connectivity index (χ0n) is 18.3. The molecule has 0 spiro atoms. The molecule has 170 valence electrons. The molecule has 8 heteroatoms. The lowest BCUT2D eigenvalue weighted by Gasteiger charge is -2.28. The number of fused-ring (bicyclic) bond motifs is 3. The molecule has 0 unspecified atom stereocenters. The molecular formula is C25H25N3O4S. The number of rotatable bonds is 5. The largest absolute Gasteiger partial charge is 0.489 e. The molecule has 0 radical (unpaired) electrons. The van der Waals surface area contributed by atoms with Gasteiger partial charge in [-0.1, -0.05) is 42.5 Å². The molecule has 0 saturated heterocycles. The van der Waals surface area contributed by atoms with Crippen LogP contribution in [-0.2, 0) is 24.3 Å². The predicted molar refractivity (Wildman–Crippen MR) is 127 cm³/mol. The smallest absolute Gasteiger partial charge is 0.410 e. The lowest BCUT2D eigenvalue weighted by atomic mass is 10.0. The van der Waals surface area contributed by atoms with Crippen LogP contribution in [0.15, 0.2) is 54.6 Å². The van der Waals surface area contributed by atoms with Gasteiger partial charge >= 0.3 is 6.09 Å². The second-order valence-electron chi connectivity index (χ2n) is 7.97. The molecule has 2 aliphatic heterocycles. The molecule has 5 rings (SSSR count). The van der Waals surface area contributed by atoms with Gasteiger partial charge in [-0.25, -0.2) is 4.79 Å². The van der Waals surface area contributed by atoms with Crippen molar-refractivity contribution in [2.75, 3.05) is 18.5 Å². The van der Waals surface area contributed by atoms with Crippen molar-refractivity contribution in [3.8, 4) is 5.75 Å². The predicted octanol–water partition coefficient (Wildman–Crippen LogP) is 4.70. The Morgan fingerprint density at radius 2 is 1.91 bits per heavy atom. The number of hydrogen-bond donors (Lipinski definition) is 2. The minimum atomic E-state index is -0.325. The number of amides is 2. The Bertz CT molecular complexity index is 1160. The number of nitrogens with zero attached hydrogens (tertiary/aromatic N) is 1. The minimum Gasteiger partial charge on any atom is -0.489 e. The number of ether oxygens (including phenoxy) is 2. The molecule has 2 aliphatic rings. The van der Waals surface area contributed by atoms with Crippen LogP contribution in [0.5, 0.6) is 5.75 Å². The quantitative estimate of drug-likeness (QED) is 0.574. The van der Waals surface area contributed by atoms with Crippen molar-refractivity contribution in [2.24, 2.45) is 0 Å². The molecule has 3 aromatic rings. The van der Waals surface area contributed by atoms with Gasteiger partial charge in [0, 0.05) is 11.4 Å². The highest BCUT2D eigenvalue weighted by atomic mass is 32.1. The summed E-state index contributed by atoms with van der Waals surface area (Å²) in [6, 6.07) is 17.8. The number of carbonyl (C=O) groups is 2. The number of thiophene rings is 1. The van der Waals surface area contributed by atoms with E-state index >= 15 is 0 Å². The van der Waals surface area contributed by atoms with Gasteiger partial charge in [-0.15, -0.1) is 11.3 Å². The molecule has 7 nitrogen and oxygen atoms in total. The van der Waals surface area contributed by atoms with Gasteiger partial charge in [-0.2, -0.15) is 0 Å². The second-order valence-corrected chi connectivity index (χ2v) is 9.08. The molecule has 0 fully saturated rings. The van der Waals surface area contributed by atoms with Crippen LogP contribution in [0.2, 0.25) is 0 Å². The Morgan fingerprint density at radius 1 is 1.12 bits per heavy atom. The van der Waals surface area contributed by atoms with Crippen molar-refractivity contribution < 1.29 is 19.1 Å². The van der Waals surface area contributed by atoms with E-state index in [-0.39, 0.29) is 18.2 Å². The van der Waals surface area contributed by atoms with Gasteiger partial charge in [0.05, 0.1) is 18.7 Å². The monoisotopic (exact) mass is 463 g/mol. The summed E-state index contributed by atoms with van der Waals surface area (Å²) >= 11 is 1.54. The Hall–Kier alpha value is -3.52. The molecule has 2 aromatic carbocycles. The molecule has 1 aromatic heterocycles. The molecular weight excluding hydrogens is 438 g/mol. The summed E-state index contributed by atoms with van der Waals surface area (Å²) in [6.45, 7) is 3.68. The molecule has 33 heavy (non-hydrogen) atoms. The van der Waals surface area contributed by atoms with Crippen molar-refractivity contribution in [2.45, 2.75) is 32.7 Å². The highest BCUT2D eigenvalue weighted by molar-refractivity contribution is 7.16. The van der Waals surface area contributed by atoms with E-state index in [4.69, 9.17) is 9.47 Å². The van der Waals surface area contributed by atoms with Crippen LogP contribution in [0, 0.1) is 0 Å². The Morgan fingerprint density at radius 3 is 2.67 bits per heavy atom. The number of carbonyl (C=O) groups excluding carboxylic acids is 2. The molecule has 0 saturated carbocycles. The van der Waals surface area contributed by atoms with Crippen LogP contribution in [0.3, 0.4) is 0 Å². The Kier molecular flexibility index (Phi) is 5.92. The Balaban J connectivity index is 1.28. The van der Waals surface area contributed by atoms with Crippen LogP contribution in [0.4, 0.5) is 9.80 Å². The van der Waals surface area contributed by atoms with E-state index in [0.29, 0.717) is 38.3 Å². The highest BCUT2D eigenvalue weighted by Gasteiger charge is 2.34. The fourth-order valence-electron chi connectivity index (χ4n) is 4.15. The Labute approximate surface area is 196 Å². The van der Waals surface area contributed by atoms with Gasteiger partial charge in [0.15, 0.2) is 0 Å². The van der Waals surface area contributed by atoms with Gasteiger partial charge in [0.2, 0.25) is 0 Å². The fourth-order valence-corrected chi connectivity index (χ4v) is 5.44. The van der Waals surface area contributed by atoms with E-state index in [2.05, 4.69) is 10.6 Å². The molecule has 3 heterocycles. The third-order valence-electron chi connectivity index (χ3n) is 5.82. The molecule has 2 N–H and O–H groups in total. The SMILES string of the molecule is CCOC(=O)N1CCc2c(sc3c2C(=O)N[C@H](c2ccc(OCc4ccccc4)cc2)N3)C1. The van der Waals surface area contributed by atoms with Gasteiger partial charge in [-0.05, 0) is 42.2 Å². The average molecular weight is 464 g/mol. The number of hydrogen-bond acceptors (Lipinski definition) is 6. The maximum atomic E-state index is 13.0. The molecule has 0 aliphatic carbocycles. The second kappa shape index (κ2) is 9.15. The highest BCUT2D eigenvalue weighted by Crippen LogP contribution is 2.41. The summed E-state index contributed by atoms with van der Waals surface area (Å²) in [5.41, 5.74) is 3.79. The summed E-state index contributed by atoms with van der Waals surface area (Å²) in [7, 11) is 0. The first-order valence-electron chi connectivity index (χ1n) is 11.0. The maximum absolute atomic E-state index is 13.0. The van der Waals surface area contributed by atoms with Gasteiger partial charge in [0.1, 0.15) is 23.5 Å². The van der Waals surface area contributed by atoms with Crippen LogP contribution < -0.4 is 15.4 Å². The molecule has 1 atom stereocenters.